The summed E-state index contributed by atoms with van der Waals surface area (Å²) in [6, 6.07) is 3.52. The van der Waals surface area contributed by atoms with Crippen molar-refractivity contribution in [2.75, 3.05) is 0 Å². The molecule has 0 amide bonds. The minimum atomic E-state index is 0.0552. The Bertz CT molecular complexity index is 521. The zero-order valence-electron chi connectivity index (χ0n) is 8.60. The van der Waals surface area contributed by atoms with Gasteiger partial charge >= 0.3 is 0 Å². The first-order valence-corrected chi connectivity index (χ1v) is 6.25. The zero-order chi connectivity index (χ0) is 11.5. The average Bonchev–Trinajstić information content (AvgIpc) is 2.64. The maximum absolute atomic E-state index is 7.34. The molecule has 0 bridgehead atoms. The normalized spacial score (nSPS) is 10.3. The minimum Gasteiger partial charge on any atom is -0.384 e. The van der Waals surface area contributed by atoms with E-state index in [0.29, 0.717) is 5.56 Å². The van der Waals surface area contributed by atoms with Gasteiger partial charge in [-0.1, -0.05) is 0 Å². The number of pyridine rings is 1. The summed E-state index contributed by atoms with van der Waals surface area (Å²) in [5, 5.41) is 10.1. The summed E-state index contributed by atoms with van der Waals surface area (Å²) in [6.07, 6.45) is 1.65. The molecule has 0 aliphatic heterocycles. The fraction of sp³-hybridized carbons (Fsp3) is 0.100. The molecule has 2 aromatic rings. The van der Waals surface area contributed by atoms with Crippen molar-refractivity contribution < 1.29 is 0 Å². The summed E-state index contributed by atoms with van der Waals surface area (Å²) < 4.78 is 0.950. The van der Waals surface area contributed by atoms with Gasteiger partial charge in [0.15, 0.2) is 4.34 Å². The van der Waals surface area contributed by atoms with Crippen molar-refractivity contribution in [1.29, 1.82) is 5.41 Å². The van der Waals surface area contributed by atoms with E-state index in [1.807, 2.05) is 12.3 Å². The quantitative estimate of drug-likeness (QED) is 0.647. The number of hydrogen-bond donors (Lipinski definition) is 2. The van der Waals surface area contributed by atoms with E-state index in [4.69, 9.17) is 11.1 Å². The molecule has 0 aromatic carbocycles. The molecule has 0 unspecified atom stereocenters. The summed E-state index contributed by atoms with van der Waals surface area (Å²) in [7, 11) is 0. The van der Waals surface area contributed by atoms with Crippen molar-refractivity contribution in [3.05, 3.63) is 35.0 Å². The molecule has 2 aromatic heterocycles. The highest BCUT2D eigenvalue weighted by atomic mass is 32.2. The van der Waals surface area contributed by atoms with Gasteiger partial charge in [-0.25, -0.2) is 9.97 Å². The summed E-state index contributed by atoms with van der Waals surface area (Å²) in [5.41, 5.74) is 7.11. The Kier molecular flexibility index (Phi) is 3.21. The fourth-order valence-electron chi connectivity index (χ4n) is 1.10. The van der Waals surface area contributed by atoms with Crippen LogP contribution in [-0.4, -0.2) is 15.8 Å². The first-order chi connectivity index (χ1) is 7.65. The number of hydrogen-bond acceptors (Lipinski definition) is 5. The first-order valence-electron chi connectivity index (χ1n) is 4.55. The molecule has 0 spiro atoms. The highest BCUT2D eigenvalue weighted by Gasteiger charge is 2.04. The average molecular weight is 250 g/mol. The Labute approximate surface area is 101 Å². The van der Waals surface area contributed by atoms with Crippen LogP contribution in [0.4, 0.5) is 0 Å². The Morgan fingerprint density at radius 3 is 3.00 bits per heavy atom. The number of aryl methyl sites for hydroxylation is 1. The van der Waals surface area contributed by atoms with Crippen molar-refractivity contribution in [2.45, 2.75) is 16.3 Å². The standard InChI is InChI=1S/C10H10N4S2/c1-6-5-15-10(14-6)16-8-4-7(9(11)12)2-3-13-8/h2-5H,1H3,(H3,11,12). The molecule has 2 heterocycles. The van der Waals surface area contributed by atoms with Gasteiger partial charge in [-0.15, -0.1) is 11.3 Å². The Morgan fingerprint density at radius 2 is 2.38 bits per heavy atom. The van der Waals surface area contributed by atoms with Crippen molar-refractivity contribution in [3.63, 3.8) is 0 Å². The van der Waals surface area contributed by atoms with Crippen LogP contribution in [0.15, 0.2) is 33.1 Å². The summed E-state index contributed by atoms with van der Waals surface area (Å²) in [6.45, 7) is 1.96. The Morgan fingerprint density at radius 1 is 1.56 bits per heavy atom. The number of nitrogens with zero attached hydrogens (tertiary/aromatic N) is 2. The van der Waals surface area contributed by atoms with Crippen LogP contribution in [0.25, 0.3) is 0 Å². The molecule has 0 radical (unpaired) electrons. The van der Waals surface area contributed by atoms with Gasteiger partial charge in [-0.3, -0.25) is 5.41 Å². The van der Waals surface area contributed by atoms with Gasteiger partial charge in [0.05, 0.1) is 0 Å². The van der Waals surface area contributed by atoms with Gasteiger partial charge < -0.3 is 5.73 Å². The molecule has 4 nitrogen and oxygen atoms in total. The fourth-order valence-corrected chi connectivity index (χ4v) is 2.88. The molecule has 82 valence electrons. The topological polar surface area (TPSA) is 75.7 Å². The number of aromatic nitrogens is 2. The van der Waals surface area contributed by atoms with Gasteiger partial charge in [-0.2, -0.15) is 0 Å². The SMILES string of the molecule is Cc1csc(Sc2cc(C(=N)N)ccn2)n1. The van der Waals surface area contributed by atoms with Crippen LogP contribution in [0.2, 0.25) is 0 Å². The molecule has 0 atom stereocenters. The molecule has 0 aliphatic carbocycles. The van der Waals surface area contributed by atoms with E-state index in [0.717, 1.165) is 15.1 Å². The van der Waals surface area contributed by atoms with Gasteiger partial charge in [0.1, 0.15) is 10.9 Å². The summed E-state index contributed by atoms with van der Waals surface area (Å²) in [4.78, 5) is 8.54. The highest BCUT2D eigenvalue weighted by Crippen LogP contribution is 2.28. The van der Waals surface area contributed by atoms with Gasteiger partial charge in [0, 0.05) is 22.8 Å². The number of nitrogens with one attached hydrogen (secondary N) is 1. The van der Waals surface area contributed by atoms with Crippen LogP contribution in [0, 0.1) is 12.3 Å². The van der Waals surface area contributed by atoms with E-state index in [-0.39, 0.29) is 5.84 Å². The lowest BCUT2D eigenvalue weighted by Crippen LogP contribution is -2.10. The lowest BCUT2D eigenvalue weighted by atomic mass is 10.2. The number of thiazole rings is 1. The van der Waals surface area contributed by atoms with Crippen LogP contribution in [0.5, 0.6) is 0 Å². The van der Waals surface area contributed by atoms with Crippen molar-refractivity contribution in [2.24, 2.45) is 5.73 Å². The predicted molar refractivity (Wildman–Crippen MR) is 66.2 cm³/mol. The van der Waals surface area contributed by atoms with Crippen LogP contribution in [0.3, 0.4) is 0 Å². The van der Waals surface area contributed by atoms with E-state index >= 15 is 0 Å². The Balaban J connectivity index is 2.21. The largest absolute Gasteiger partial charge is 0.384 e. The van der Waals surface area contributed by atoms with E-state index in [9.17, 15) is 0 Å². The van der Waals surface area contributed by atoms with E-state index < -0.39 is 0 Å². The summed E-state index contributed by atoms with van der Waals surface area (Å²) >= 11 is 3.07. The maximum atomic E-state index is 7.34. The third-order valence-electron chi connectivity index (χ3n) is 1.84. The van der Waals surface area contributed by atoms with Crippen LogP contribution in [-0.2, 0) is 0 Å². The monoisotopic (exact) mass is 250 g/mol. The van der Waals surface area contributed by atoms with Crippen LogP contribution < -0.4 is 5.73 Å². The van der Waals surface area contributed by atoms with E-state index in [1.165, 1.54) is 11.8 Å². The first kappa shape index (κ1) is 11.1. The smallest absolute Gasteiger partial charge is 0.156 e. The third kappa shape index (κ3) is 2.59. The molecule has 2 rings (SSSR count). The number of nitrogens with two attached hydrogens (primary N) is 1. The van der Waals surface area contributed by atoms with E-state index in [1.54, 1.807) is 29.7 Å². The second-order valence-corrected chi connectivity index (χ2v) is 5.28. The lowest BCUT2D eigenvalue weighted by molar-refractivity contribution is 1.11. The van der Waals surface area contributed by atoms with Crippen LogP contribution in [0.1, 0.15) is 11.3 Å². The Hall–Kier alpha value is -1.40. The molecule has 3 N–H and O–H groups in total. The van der Waals surface area contributed by atoms with Crippen molar-refractivity contribution in [1.82, 2.24) is 9.97 Å². The number of nitrogen functional groups attached to an aromatic ring is 1. The molecule has 0 saturated carbocycles. The van der Waals surface area contributed by atoms with Gasteiger partial charge in [0.2, 0.25) is 0 Å². The minimum absolute atomic E-state index is 0.0552. The predicted octanol–water partition coefficient (Wildman–Crippen LogP) is 2.28. The molecule has 0 aliphatic rings. The second-order valence-electron chi connectivity index (χ2n) is 3.15. The zero-order valence-corrected chi connectivity index (χ0v) is 10.2. The molecule has 0 fully saturated rings. The molecular weight excluding hydrogens is 240 g/mol. The lowest BCUT2D eigenvalue weighted by Gasteiger charge is -2.00. The van der Waals surface area contributed by atoms with Crippen molar-refractivity contribution >= 4 is 28.9 Å². The molecule has 6 heteroatoms. The molecule has 0 saturated heterocycles. The number of amidine groups is 1. The highest BCUT2D eigenvalue weighted by molar-refractivity contribution is 8.01. The maximum Gasteiger partial charge on any atom is 0.156 e. The number of rotatable bonds is 3. The van der Waals surface area contributed by atoms with Gasteiger partial charge in [-0.05, 0) is 30.8 Å². The van der Waals surface area contributed by atoms with Crippen LogP contribution >= 0.6 is 23.1 Å². The molecular formula is C10H10N4S2. The van der Waals surface area contributed by atoms with Crippen molar-refractivity contribution in [3.8, 4) is 0 Å². The van der Waals surface area contributed by atoms with E-state index in [2.05, 4.69) is 9.97 Å². The second kappa shape index (κ2) is 4.63. The summed E-state index contributed by atoms with van der Waals surface area (Å²) in [5.74, 6) is 0.0552. The van der Waals surface area contributed by atoms with Gasteiger partial charge in [0.25, 0.3) is 0 Å². The molecule has 16 heavy (non-hydrogen) atoms. The third-order valence-corrected chi connectivity index (χ3v) is 3.82.